The first kappa shape index (κ1) is 13.7. The Morgan fingerprint density at radius 3 is 2.76 bits per heavy atom. The van der Waals surface area contributed by atoms with Crippen LogP contribution < -0.4 is 11.1 Å². The third-order valence-electron chi connectivity index (χ3n) is 2.39. The van der Waals surface area contributed by atoms with Gasteiger partial charge in [-0.15, -0.1) is 0 Å². The third-order valence-corrected chi connectivity index (χ3v) is 3.25. The molecule has 1 atom stereocenters. The average molecular weight is 254 g/mol. The van der Waals surface area contributed by atoms with Gasteiger partial charge in [-0.05, 0) is 37.1 Å². The van der Waals surface area contributed by atoms with Crippen molar-refractivity contribution in [2.45, 2.75) is 13.3 Å². The summed E-state index contributed by atoms with van der Waals surface area (Å²) < 4.78 is 10.8. The molecule has 0 radical (unpaired) electrons. The van der Waals surface area contributed by atoms with E-state index in [1.165, 1.54) is 0 Å². The Labute approximate surface area is 104 Å². The largest absolute Gasteiger partial charge is 0.399 e. The quantitative estimate of drug-likeness (QED) is 0.610. The molecule has 1 aromatic rings. The lowest BCUT2D eigenvalue weighted by atomic mass is 10.1. The number of hydrogen-bond donors (Lipinski definition) is 2. The van der Waals surface area contributed by atoms with Crippen LogP contribution in [0.4, 0.5) is 5.69 Å². The molecule has 0 aliphatic heterocycles. The predicted molar refractivity (Wildman–Crippen MR) is 71.5 cm³/mol. The monoisotopic (exact) mass is 254 g/mol. The minimum Gasteiger partial charge on any atom is -0.399 e. The summed E-state index contributed by atoms with van der Waals surface area (Å²) in [6.07, 6.45) is 2.38. The van der Waals surface area contributed by atoms with Gasteiger partial charge >= 0.3 is 0 Å². The number of amides is 1. The van der Waals surface area contributed by atoms with E-state index in [4.69, 9.17) is 5.73 Å². The maximum atomic E-state index is 11.8. The van der Waals surface area contributed by atoms with Crippen LogP contribution in [0.2, 0.25) is 0 Å². The molecule has 0 saturated carbocycles. The summed E-state index contributed by atoms with van der Waals surface area (Å²) in [6, 6.07) is 5.21. The topological polar surface area (TPSA) is 72.2 Å². The van der Waals surface area contributed by atoms with Gasteiger partial charge in [0.15, 0.2) is 0 Å². The summed E-state index contributed by atoms with van der Waals surface area (Å²) in [5, 5.41) is 2.80. The van der Waals surface area contributed by atoms with E-state index in [2.05, 4.69) is 5.32 Å². The number of benzene rings is 1. The zero-order chi connectivity index (χ0) is 12.8. The number of carbonyl (C=O) groups excluding carboxylic acids is 1. The lowest BCUT2D eigenvalue weighted by Crippen LogP contribution is -2.26. The summed E-state index contributed by atoms with van der Waals surface area (Å²) in [4.78, 5) is 11.8. The first-order valence-electron chi connectivity index (χ1n) is 5.45. The van der Waals surface area contributed by atoms with Gasteiger partial charge in [0.2, 0.25) is 0 Å². The Hall–Kier alpha value is -1.36. The molecule has 0 fully saturated rings. The van der Waals surface area contributed by atoms with Crippen LogP contribution in [0.15, 0.2) is 18.2 Å². The van der Waals surface area contributed by atoms with Gasteiger partial charge in [0.25, 0.3) is 5.91 Å². The number of anilines is 1. The molecule has 1 amide bonds. The van der Waals surface area contributed by atoms with E-state index in [0.717, 1.165) is 12.0 Å². The maximum Gasteiger partial charge on any atom is 0.251 e. The van der Waals surface area contributed by atoms with Crippen LogP contribution in [0.1, 0.15) is 22.3 Å². The van der Waals surface area contributed by atoms with Gasteiger partial charge < -0.3 is 11.1 Å². The predicted octanol–water partition coefficient (Wildman–Crippen LogP) is 1.08. The Kier molecular flexibility index (Phi) is 5.15. The molecule has 0 aromatic heterocycles. The molecule has 1 rings (SSSR count). The highest BCUT2D eigenvalue weighted by atomic mass is 32.2. The molecule has 0 heterocycles. The van der Waals surface area contributed by atoms with Crippen LogP contribution in [0.5, 0.6) is 0 Å². The second kappa shape index (κ2) is 6.39. The highest BCUT2D eigenvalue weighted by Crippen LogP contribution is 2.12. The molecule has 17 heavy (non-hydrogen) atoms. The summed E-state index contributed by atoms with van der Waals surface area (Å²) in [6.45, 7) is 2.40. The molecular weight excluding hydrogens is 236 g/mol. The van der Waals surface area contributed by atoms with Crippen LogP contribution >= 0.6 is 0 Å². The fourth-order valence-corrected chi connectivity index (χ4v) is 2.07. The van der Waals surface area contributed by atoms with E-state index < -0.39 is 10.8 Å². The van der Waals surface area contributed by atoms with Crippen molar-refractivity contribution in [1.82, 2.24) is 5.32 Å². The van der Waals surface area contributed by atoms with Crippen molar-refractivity contribution < 1.29 is 9.00 Å². The average Bonchev–Trinajstić information content (AvgIpc) is 2.23. The van der Waals surface area contributed by atoms with Gasteiger partial charge in [-0.25, -0.2) is 0 Å². The van der Waals surface area contributed by atoms with Crippen LogP contribution in [0.3, 0.4) is 0 Å². The smallest absolute Gasteiger partial charge is 0.251 e. The van der Waals surface area contributed by atoms with Crippen molar-refractivity contribution in [1.29, 1.82) is 0 Å². The van der Waals surface area contributed by atoms with E-state index in [0.29, 0.717) is 23.5 Å². The molecule has 3 N–H and O–H groups in total. The van der Waals surface area contributed by atoms with Crippen LogP contribution in [-0.2, 0) is 10.8 Å². The van der Waals surface area contributed by atoms with Gasteiger partial charge in [0.05, 0.1) is 0 Å². The van der Waals surface area contributed by atoms with Crippen LogP contribution in [-0.4, -0.2) is 28.7 Å². The number of rotatable bonds is 5. The first-order valence-corrected chi connectivity index (χ1v) is 7.18. The van der Waals surface area contributed by atoms with E-state index >= 15 is 0 Å². The third kappa shape index (κ3) is 4.56. The Balaban J connectivity index is 2.50. The van der Waals surface area contributed by atoms with Gasteiger partial charge in [-0.3, -0.25) is 9.00 Å². The maximum absolute atomic E-state index is 11.8. The Bertz CT molecular complexity index is 433. The summed E-state index contributed by atoms with van der Waals surface area (Å²) in [5.41, 5.74) is 7.77. The highest BCUT2D eigenvalue weighted by Gasteiger charge is 2.08. The molecule has 4 nitrogen and oxygen atoms in total. The second-order valence-electron chi connectivity index (χ2n) is 3.96. The molecule has 1 unspecified atom stereocenters. The number of carbonyl (C=O) groups is 1. The SMILES string of the molecule is Cc1cc(N)ccc1C(=O)NCCCS(C)=O. The zero-order valence-electron chi connectivity index (χ0n) is 10.2. The zero-order valence-corrected chi connectivity index (χ0v) is 11.0. The molecule has 1 aromatic carbocycles. The lowest BCUT2D eigenvalue weighted by molar-refractivity contribution is 0.0953. The van der Waals surface area contributed by atoms with Gasteiger partial charge in [-0.1, -0.05) is 0 Å². The second-order valence-corrected chi connectivity index (χ2v) is 5.52. The molecule has 0 saturated heterocycles. The summed E-state index contributed by atoms with van der Waals surface area (Å²) in [5.74, 6) is 0.505. The Morgan fingerprint density at radius 2 is 2.18 bits per heavy atom. The van der Waals surface area contributed by atoms with Crippen molar-refractivity contribution in [3.63, 3.8) is 0 Å². The molecule has 94 valence electrons. The van der Waals surface area contributed by atoms with Gasteiger partial charge in [-0.2, -0.15) is 0 Å². The van der Waals surface area contributed by atoms with Crippen molar-refractivity contribution in [2.75, 3.05) is 24.3 Å². The molecule has 0 aliphatic carbocycles. The van der Waals surface area contributed by atoms with Crippen LogP contribution in [0, 0.1) is 6.92 Å². The number of nitrogens with two attached hydrogens (primary N) is 1. The summed E-state index contributed by atoms with van der Waals surface area (Å²) >= 11 is 0. The number of nitrogens with one attached hydrogen (secondary N) is 1. The van der Waals surface area contributed by atoms with Crippen molar-refractivity contribution in [2.24, 2.45) is 0 Å². The van der Waals surface area contributed by atoms with Crippen LogP contribution in [0.25, 0.3) is 0 Å². The molecule has 0 bridgehead atoms. The van der Waals surface area contributed by atoms with Crippen molar-refractivity contribution in [3.05, 3.63) is 29.3 Å². The number of nitrogen functional groups attached to an aromatic ring is 1. The summed E-state index contributed by atoms with van der Waals surface area (Å²) in [7, 11) is -0.800. The Morgan fingerprint density at radius 1 is 1.47 bits per heavy atom. The van der Waals surface area contributed by atoms with E-state index in [1.807, 2.05) is 6.92 Å². The minimum absolute atomic E-state index is 0.107. The van der Waals surface area contributed by atoms with E-state index in [-0.39, 0.29) is 5.91 Å². The molecule has 0 aliphatic rings. The van der Waals surface area contributed by atoms with Crippen molar-refractivity contribution in [3.8, 4) is 0 Å². The minimum atomic E-state index is -0.800. The molecule has 0 spiro atoms. The fourth-order valence-electron chi connectivity index (χ4n) is 1.51. The van der Waals surface area contributed by atoms with Gasteiger partial charge in [0.1, 0.15) is 0 Å². The number of hydrogen-bond acceptors (Lipinski definition) is 3. The van der Waals surface area contributed by atoms with E-state index in [1.54, 1.807) is 24.5 Å². The van der Waals surface area contributed by atoms with Crippen molar-refractivity contribution >= 4 is 22.4 Å². The number of aryl methyl sites for hydroxylation is 1. The highest BCUT2D eigenvalue weighted by molar-refractivity contribution is 7.84. The standard InChI is InChI=1S/C12H18N2O2S/c1-9-8-10(13)4-5-11(9)12(15)14-6-3-7-17(2)16/h4-5,8H,3,6-7,13H2,1-2H3,(H,14,15). The molecular formula is C12H18N2O2S. The first-order chi connectivity index (χ1) is 8.00. The van der Waals surface area contributed by atoms with Gasteiger partial charge in [0, 0.05) is 40.6 Å². The molecule has 5 heteroatoms. The lowest BCUT2D eigenvalue weighted by Gasteiger charge is -2.07. The van der Waals surface area contributed by atoms with E-state index in [9.17, 15) is 9.00 Å². The fraction of sp³-hybridized carbons (Fsp3) is 0.417. The normalized spacial score (nSPS) is 12.1.